The van der Waals surface area contributed by atoms with Gasteiger partial charge in [-0.25, -0.2) is 4.79 Å². The molecule has 0 amide bonds. The average Bonchev–Trinajstić information content (AvgIpc) is 2.96. The van der Waals surface area contributed by atoms with Crippen molar-refractivity contribution in [2.75, 3.05) is 26.7 Å². The molecule has 2 aromatic rings. The maximum absolute atomic E-state index is 11.2. The third kappa shape index (κ3) is 3.31. The van der Waals surface area contributed by atoms with Crippen molar-refractivity contribution in [3.8, 4) is 0 Å². The second-order valence-electron chi connectivity index (χ2n) is 5.40. The molecular formula is C17H20N2O3. The average molecular weight is 300 g/mol. The molecule has 0 atom stereocenters. The number of H-pyrrole nitrogens is 1. The lowest BCUT2D eigenvalue weighted by Crippen LogP contribution is -2.33. The molecule has 0 fully saturated rings. The van der Waals surface area contributed by atoms with Crippen LogP contribution in [0.4, 0.5) is 4.79 Å². The third-order valence-electron chi connectivity index (χ3n) is 3.95. The van der Waals surface area contributed by atoms with Gasteiger partial charge in [0.25, 0.3) is 0 Å². The Bertz CT molecular complexity index is 690. The minimum absolute atomic E-state index is 0.648. The van der Waals surface area contributed by atoms with Gasteiger partial charge in [0.15, 0.2) is 0 Å². The Morgan fingerprint density at radius 3 is 3.09 bits per heavy atom. The normalized spacial score (nSPS) is 15.6. The summed E-state index contributed by atoms with van der Waals surface area (Å²) in [7, 11) is 1.32. The van der Waals surface area contributed by atoms with Crippen LogP contribution in [0.25, 0.3) is 10.9 Å². The summed E-state index contributed by atoms with van der Waals surface area (Å²) in [6.07, 6.45) is 5.25. The minimum Gasteiger partial charge on any atom is -0.437 e. The van der Waals surface area contributed by atoms with Gasteiger partial charge in [0.2, 0.25) is 0 Å². The van der Waals surface area contributed by atoms with Crippen LogP contribution in [0.2, 0.25) is 0 Å². The second kappa shape index (κ2) is 6.66. The Morgan fingerprint density at radius 2 is 2.23 bits per heavy atom. The smallest absolute Gasteiger partial charge is 0.437 e. The number of methoxy groups -OCH3 is 1. The number of nitrogens with zero attached hydrogens (tertiary/aromatic N) is 1. The van der Waals surface area contributed by atoms with Crippen molar-refractivity contribution < 1.29 is 14.3 Å². The highest BCUT2D eigenvalue weighted by Gasteiger charge is 2.16. The van der Waals surface area contributed by atoms with E-state index in [4.69, 9.17) is 4.74 Å². The Labute approximate surface area is 129 Å². The fraction of sp³-hybridized carbons (Fsp3) is 0.353. The van der Waals surface area contributed by atoms with Crippen LogP contribution in [0.3, 0.4) is 0 Å². The van der Waals surface area contributed by atoms with Gasteiger partial charge >= 0.3 is 6.16 Å². The zero-order valence-corrected chi connectivity index (χ0v) is 12.7. The molecule has 1 aliphatic rings. The van der Waals surface area contributed by atoms with Crippen molar-refractivity contribution in [2.45, 2.75) is 12.8 Å². The highest BCUT2D eigenvalue weighted by molar-refractivity contribution is 5.83. The fourth-order valence-corrected chi connectivity index (χ4v) is 2.80. The number of benzene rings is 1. The van der Waals surface area contributed by atoms with Crippen LogP contribution in [-0.4, -0.2) is 42.8 Å². The molecule has 1 aromatic carbocycles. The molecule has 0 bridgehead atoms. The second-order valence-corrected chi connectivity index (χ2v) is 5.40. The van der Waals surface area contributed by atoms with Crippen LogP contribution in [0, 0.1) is 0 Å². The van der Waals surface area contributed by atoms with E-state index < -0.39 is 6.16 Å². The van der Waals surface area contributed by atoms with E-state index in [-0.39, 0.29) is 0 Å². The summed E-state index contributed by atoms with van der Waals surface area (Å²) in [5.41, 5.74) is 2.49. The first-order valence-corrected chi connectivity index (χ1v) is 7.48. The van der Waals surface area contributed by atoms with Gasteiger partial charge in [-0.15, -0.1) is 0 Å². The summed E-state index contributed by atoms with van der Waals surface area (Å²) in [5.74, 6) is 0.678. The summed E-state index contributed by atoms with van der Waals surface area (Å²) in [4.78, 5) is 16.8. The SMILES string of the molecule is COC(=O)OC1=CCCN(CCc2c[nH]c3ccccc23)C1. The lowest BCUT2D eigenvalue weighted by molar-refractivity contribution is 0.0874. The predicted octanol–water partition coefficient (Wildman–Crippen LogP) is 3.08. The van der Waals surface area contributed by atoms with Crippen molar-refractivity contribution in [1.82, 2.24) is 9.88 Å². The molecule has 0 saturated carbocycles. The largest absolute Gasteiger partial charge is 0.513 e. The Morgan fingerprint density at radius 1 is 1.36 bits per heavy atom. The van der Waals surface area contributed by atoms with Crippen LogP contribution in [0.5, 0.6) is 0 Å². The number of aromatic nitrogens is 1. The molecule has 0 unspecified atom stereocenters. The molecule has 22 heavy (non-hydrogen) atoms. The first-order valence-electron chi connectivity index (χ1n) is 7.48. The van der Waals surface area contributed by atoms with E-state index in [1.54, 1.807) is 0 Å². The highest BCUT2D eigenvalue weighted by Crippen LogP contribution is 2.19. The van der Waals surface area contributed by atoms with Crippen molar-refractivity contribution >= 4 is 17.1 Å². The summed E-state index contributed by atoms with van der Waals surface area (Å²) in [6, 6.07) is 8.33. The summed E-state index contributed by atoms with van der Waals surface area (Å²) < 4.78 is 9.66. The van der Waals surface area contributed by atoms with Crippen LogP contribution < -0.4 is 0 Å². The first-order chi connectivity index (χ1) is 10.8. The predicted molar refractivity (Wildman–Crippen MR) is 84.6 cm³/mol. The number of carbonyl (C=O) groups is 1. The molecule has 1 aliphatic heterocycles. The maximum atomic E-state index is 11.2. The van der Waals surface area contributed by atoms with Gasteiger partial charge in [-0.3, -0.25) is 4.90 Å². The third-order valence-corrected chi connectivity index (χ3v) is 3.95. The number of aromatic amines is 1. The van der Waals surface area contributed by atoms with Crippen LogP contribution in [-0.2, 0) is 15.9 Å². The number of nitrogens with one attached hydrogen (secondary N) is 1. The Balaban J connectivity index is 1.58. The van der Waals surface area contributed by atoms with Gasteiger partial charge in [0, 0.05) is 30.2 Å². The molecule has 5 heteroatoms. The molecule has 0 radical (unpaired) electrons. The lowest BCUT2D eigenvalue weighted by atomic mass is 10.1. The van der Waals surface area contributed by atoms with E-state index >= 15 is 0 Å². The van der Waals surface area contributed by atoms with E-state index in [1.165, 1.54) is 23.6 Å². The molecule has 1 N–H and O–H groups in total. The van der Waals surface area contributed by atoms with E-state index in [0.29, 0.717) is 12.3 Å². The molecule has 116 valence electrons. The van der Waals surface area contributed by atoms with Crippen LogP contribution in [0.15, 0.2) is 42.3 Å². The quantitative estimate of drug-likeness (QED) is 0.882. The lowest BCUT2D eigenvalue weighted by Gasteiger charge is -2.26. The number of ether oxygens (including phenoxy) is 2. The monoisotopic (exact) mass is 300 g/mol. The van der Waals surface area contributed by atoms with Gasteiger partial charge in [0.1, 0.15) is 5.76 Å². The molecule has 0 saturated heterocycles. The summed E-state index contributed by atoms with van der Waals surface area (Å²) in [6.45, 7) is 2.57. The van der Waals surface area contributed by atoms with E-state index in [0.717, 1.165) is 25.9 Å². The zero-order chi connectivity index (χ0) is 15.4. The number of hydrogen-bond donors (Lipinski definition) is 1. The molecule has 0 spiro atoms. The number of carbonyl (C=O) groups excluding carboxylic acids is 1. The number of hydrogen-bond acceptors (Lipinski definition) is 4. The summed E-state index contributed by atoms with van der Waals surface area (Å²) >= 11 is 0. The Kier molecular flexibility index (Phi) is 4.44. The first kappa shape index (κ1) is 14.7. The van der Waals surface area contributed by atoms with Crippen molar-refractivity contribution in [2.24, 2.45) is 0 Å². The molecule has 3 rings (SSSR count). The van der Waals surface area contributed by atoms with Crippen molar-refractivity contribution in [3.05, 3.63) is 47.9 Å². The van der Waals surface area contributed by atoms with Crippen molar-refractivity contribution in [1.29, 1.82) is 0 Å². The number of rotatable bonds is 4. The Hall–Kier alpha value is -2.27. The topological polar surface area (TPSA) is 54.6 Å². The zero-order valence-electron chi connectivity index (χ0n) is 12.7. The van der Waals surface area contributed by atoms with E-state index in [9.17, 15) is 4.79 Å². The summed E-state index contributed by atoms with van der Waals surface area (Å²) in [5, 5.41) is 1.28. The van der Waals surface area contributed by atoms with Crippen LogP contribution in [0.1, 0.15) is 12.0 Å². The standard InChI is InChI=1S/C17H20N2O3/c1-21-17(20)22-14-5-4-9-19(12-14)10-8-13-11-18-16-7-3-2-6-15(13)16/h2-3,5-7,11,18H,4,8-10,12H2,1H3. The van der Waals surface area contributed by atoms with Gasteiger partial charge < -0.3 is 14.5 Å². The van der Waals surface area contributed by atoms with Gasteiger partial charge in [0.05, 0.1) is 13.7 Å². The van der Waals surface area contributed by atoms with Gasteiger partial charge in [-0.2, -0.15) is 0 Å². The molecule has 5 nitrogen and oxygen atoms in total. The minimum atomic E-state index is -0.648. The molecule has 0 aliphatic carbocycles. The van der Waals surface area contributed by atoms with Gasteiger partial charge in [-0.05, 0) is 30.5 Å². The van der Waals surface area contributed by atoms with E-state index in [1.807, 2.05) is 12.1 Å². The van der Waals surface area contributed by atoms with E-state index in [2.05, 4.69) is 39.0 Å². The molecular weight excluding hydrogens is 280 g/mol. The number of fused-ring (bicyclic) bond motifs is 1. The highest BCUT2D eigenvalue weighted by atomic mass is 16.7. The van der Waals surface area contributed by atoms with Crippen molar-refractivity contribution in [3.63, 3.8) is 0 Å². The van der Waals surface area contributed by atoms with Gasteiger partial charge in [-0.1, -0.05) is 18.2 Å². The number of para-hydroxylation sites is 1. The maximum Gasteiger partial charge on any atom is 0.513 e. The van der Waals surface area contributed by atoms with Crippen LogP contribution >= 0.6 is 0 Å². The molecule has 2 heterocycles. The molecule has 1 aromatic heterocycles. The fourth-order valence-electron chi connectivity index (χ4n) is 2.80.